The van der Waals surface area contributed by atoms with Crippen LogP contribution in [0.15, 0.2) is 42.9 Å². The average Bonchev–Trinajstić information content (AvgIpc) is 3.29. The maximum absolute atomic E-state index is 5.90. The number of pyridine rings is 3. The molecule has 0 aliphatic heterocycles. The first-order chi connectivity index (χ1) is 16.3. The Balaban J connectivity index is 1.67. The standard InChI is InChI=1S/C24H31N7OSSi/c1-16(2)23-30-31-24(33-23)18-13-20-21(29-22(18)27-15-32-11-12-34(3,4)5)19(8-10-26-20)28-17-7-6-9-25-14-17/h6-10,13-14,16H,11-12,15H2,1-5H3,(H,26,28)(H,27,29). The molecule has 0 aromatic carbocycles. The Morgan fingerprint density at radius 2 is 1.97 bits per heavy atom. The van der Waals surface area contributed by atoms with Gasteiger partial charge in [-0.2, -0.15) is 0 Å². The SMILES string of the molecule is CC(C)c1nnc(-c2cc3nccc(Nc4cccnc4)c3nc2NCOCC[Si](C)(C)C)s1. The predicted molar refractivity (Wildman–Crippen MR) is 143 cm³/mol. The van der Waals surface area contributed by atoms with E-state index in [0.717, 1.165) is 50.6 Å². The van der Waals surface area contributed by atoms with Crippen LogP contribution >= 0.6 is 11.3 Å². The normalized spacial score (nSPS) is 11.8. The summed E-state index contributed by atoms with van der Waals surface area (Å²) in [6.07, 6.45) is 5.30. The molecular weight excluding hydrogens is 462 g/mol. The van der Waals surface area contributed by atoms with E-state index in [-0.39, 0.29) is 0 Å². The molecule has 4 aromatic heterocycles. The van der Waals surface area contributed by atoms with Crippen LogP contribution in [0.1, 0.15) is 24.8 Å². The van der Waals surface area contributed by atoms with Crippen molar-refractivity contribution in [3.8, 4) is 10.6 Å². The van der Waals surface area contributed by atoms with Crippen molar-refractivity contribution in [1.29, 1.82) is 0 Å². The fourth-order valence-corrected chi connectivity index (χ4v) is 4.83. The molecule has 8 nitrogen and oxygen atoms in total. The van der Waals surface area contributed by atoms with Crippen molar-refractivity contribution in [3.63, 3.8) is 0 Å². The molecule has 178 valence electrons. The van der Waals surface area contributed by atoms with Gasteiger partial charge >= 0.3 is 0 Å². The Bertz CT molecular complexity index is 1240. The van der Waals surface area contributed by atoms with Crippen molar-refractivity contribution in [3.05, 3.63) is 47.9 Å². The molecule has 0 saturated heterocycles. The van der Waals surface area contributed by atoms with Crippen LogP contribution in [-0.2, 0) is 4.74 Å². The van der Waals surface area contributed by atoms with Gasteiger partial charge in [0.1, 0.15) is 23.1 Å². The topological polar surface area (TPSA) is 97.7 Å². The zero-order chi connectivity index (χ0) is 24.1. The summed E-state index contributed by atoms with van der Waals surface area (Å²) < 4.78 is 5.90. The molecule has 4 aromatic rings. The molecule has 0 saturated carbocycles. The predicted octanol–water partition coefficient (Wildman–Crippen LogP) is 6.13. The van der Waals surface area contributed by atoms with Gasteiger partial charge in [0.15, 0.2) is 5.01 Å². The maximum atomic E-state index is 5.90. The van der Waals surface area contributed by atoms with Gasteiger partial charge in [-0.3, -0.25) is 9.97 Å². The van der Waals surface area contributed by atoms with Crippen molar-refractivity contribution in [2.45, 2.75) is 45.5 Å². The minimum absolute atomic E-state index is 0.314. The molecular formula is C24H31N7OSSi. The van der Waals surface area contributed by atoms with Crippen LogP contribution in [0.25, 0.3) is 21.6 Å². The number of anilines is 3. The molecule has 34 heavy (non-hydrogen) atoms. The Kier molecular flexibility index (Phi) is 7.49. The Morgan fingerprint density at radius 1 is 1.12 bits per heavy atom. The van der Waals surface area contributed by atoms with E-state index in [9.17, 15) is 0 Å². The van der Waals surface area contributed by atoms with Crippen LogP contribution in [0.3, 0.4) is 0 Å². The zero-order valence-corrected chi connectivity index (χ0v) is 22.1. The quantitative estimate of drug-likeness (QED) is 0.155. The lowest BCUT2D eigenvalue weighted by molar-refractivity contribution is 0.165. The molecule has 4 heterocycles. The third-order valence-electron chi connectivity index (χ3n) is 5.16. The van der Waals surface area contributed by atoms with Gasteiger partial charge < -0.3 is 15.4 Å². The summed E-state index contributed by atoms with van der Waals surface area (Å²) in [7, 11) is -1.15. The van der Waals surface area contributed by atoms with Crippen molar-refractivity contribution in [2.75, 3.05) is 24.0 Å². The number of nitrogens with zero attached hydrogens (tertiary/aromatic N) is 5. The van der Waals surface area contributed by atoms with Crippen molar-refractivity contribution >= 4 is 47.6 Å². The highest BCUT2D eigenvalue weighted by Gasteiger charge is 2.18. The molecule has 2 N–H and O–H groups in total. The van der Waals surface area contributed by atoms with E-state index in [1.165, 1.54) is 0 Å². The molecule has 4 rings (SSSR count). The van der Waals surface area contributed by atoms with Gasteiger partial charge in [-0.1, -0.05) is 44.8 Å². The van der Waals surface area contributed by atoms with E-state index in [2.05, 4.69) is 64.3 Å². The second-order valence-corrected chi connectivity index (χ2v) is 16.2. The lowest BCUT2D eigenvalue weighted by Gasteiger charge is -2.16. The van der Waals surface area contributed by atoms with E-state index < -0.39 is 8.07 Å². The van der Waals surface area contributed by atoms with Crippen molar-refractivity contribution in [2.24, 2.45) is 0 Å². The molecule has 0 unspecified atom stereocenters. The lowest BCUT2D eigenvalue weighted by atomic mass is 10.2. The summed E-state index contributed by atoms with van der Waals surface area (Å²) in [6.45, 7) is 12.4. The lowest BCUT2D eigenvalue weighted by Crippen LogP contribution is -2.22. The van der Waals surface area contributed by atoms with Gasteiger partial charge in [-0.15, -0.1) is 10.2 Å². The number of aromatic nitrogens is 5. The summed E-state index contributed by atoms with van der Waals surface area (Å²) in [5.41, 5.74) is 4.14. The van der Waals surface area contributed by atoms with E-state index in [1.54, 1.807) is 29.9 Å². The van der Waals surface area contributed by atoms with Crippen molar-refractivity contribution in [1.82, 2.24) is 25.1 Å². The molecule has 0 radical (unpaired) electrons. The second kappa shape index (κ2) is 10.5. The minimum Gasteiger partial charge on any atom is -0.362 e. The summed E-state index contributed by atoms with van der Waals surface area (Å²) in [4.78, 5) is 13.7. The number of nitrogens with one attached hydrogen (secondary N) is 2. The zero-order valence-electron chi connectivity index (χ0n) is 20.3. The van der Waals surface area contributed by atoms with Gasteiger partial charge in [0.25, 0.3) is 0 Å². The van der Waals surface area contributed by atoms with Crippen LogP contribution in [-0.4, -0.2) is 46.6 Å². The molecule has 0 amide bonds. The first-order valence-corrected chi connectivity index (χ1v) is 15.9. The number of rotatable bonds is 10. The first kappa shape index (κ1) is 24.2. The third-order valence-corrected chi connectivity index (χ3v) is 8.12. The minimum atomic E-state index is -1.15. The first-order valence-electron chi connectivity index (χ1n) is 11.4. The Hall–Kier alpha value is -2.95. The average molecular weight is 494 g/mol. The van der Waals surface area contributed by atoms with E-state index in [4.69, 9.17) is 9.72 Å². The van der Waals surface area contributed by atoms with E-state index in [0.29, 0.717) is 18.5 Å². The number of hydrogen-bond acceptors (Lipinski definition) is 9. The maximum Gasteiger partial charge on any atom is 0.151 e. The number of ether oxygens (including phenoxy) is 1. The summed E-state index contributed by atoms with van der Waals surface area (Å²) in [5.74, 6) is 1.02. The monoisotopic (exact) mass is 493 g/mol. The van der Waals surface area contributed by atoms with Gasteiger partial charge in [0, 0.05) is 33.0 Å². The van der Waals surface area contributed by atoms with Crippen LogP contribution in [0.2, 0.25) is 25.7 Å². The van der Waals surface area contributed by atoms with Gasteiger partial charge in [-0.05, 0) is 30.3 Å². The highest BCUT2D eigenvalue weighted by atomic mass is 32.1. The third kappa shape index (κ3) is 6.13. The number of fused-ring (bicyclic) bond motifs is 1. The molecule has 10 heteroatoms. The van der Waals surface area contributed by atoms with Crippen LogP contribution in [0.5, 0.6) is 0 Å². The largest absolute Gasteiger partial charge is 0.362 e. The van der Waals surface area contributed by atoms with Crippen LogP contribution in [0, 0.1) is 0 Å². The van der Waals surface area contributed by atoms with Gasteiger partial charge in [0.2, 0.25) is 0 Å². The fourth-order valence-electron chi connectivity index (χ4n) is 3.21. The highest BCUT2D eigenvalue weighted by Crippen LogP contribution is 2.35. The van der Waals surface area contributed by atoms with Crippen molar-refractivity contribution < 1.29 is 4.74 Å². The van der Waals surface area contributed by atoms with Crippen LogP contribution in [0.4, 0.5) is 17.2 Å². The molecule has 0 atom stereocenters. The van der Waals surface area contributed by atoms with E-state index >= 15 is 0 Å². The Morgan fingerprint density at radius 3 is 2.68 bits per heavy atom. The molecule has 0 aliphatic carbocycles. The van der Waals surface area contributed by atoms with E-state index in [1.807, 2.05) is 24.3 Å². The second-order valence-electron chi connectivity index (χ2n) is 9.62. The smallest absolute Gasteiger partial charge is 0.151 e. The summed E-state index contributed by atoms with van der Waals surface area (Å²) in [6, 6.07) is 8.91. The summed E-state index contributed by atoms with van der Waals surface area (Å²) >= 11 is 1.58. The van der Waals surface area contributed by atoms with Crippen LogP contribution < -0.4 is 10.6 Å². The molecule has 0 fully saturated rings. The Labute approximate surface area is 205 Å². The molecule has 0 bridgehead atoms. The molecule has 0 spiro atoms. The highest BCUT2D eigenvalue weighted by molar-refractivity contribution is 7.14. The van der Waals surface area contributed by atoms with Gasteiger partial charge in [-0.25, -0.2) is 4.98 Å². The fraction of sp³-hybridized carbons (Fsp3) is 0.375. The summed E-state index contributed by atoms with van der Waals surface area (Å²) in [5, 5.41) is 17.4. The number of hydrogen-bond donors (Lipinski definition) is 2. The van der Waals surface area contributed by atoms with Gasteiger partial charge in [0.05, 0.1) is 28.7 Å². The molecule has 0 aliphatic rings.